The Hall–Kier alpha value is -2.38. The van der Waals surface area contributed by atoms with Crippen molar-refractivity contribution in [1.82, 2.24) is 24.5 Å². The minimum Gasteiger partial charge on any atom is -0.339 e. The summed E-state index contributed by atoms with van der Waals surface area (Å²) in [4.78, 5) is 26.0. The van der Waals surface area contributed by atoms with Crippen molar-refractivity contribution >= 4 is 40.8 Å². The normalized spacial score (nSPS) is 15.4. The first-order chi connectivity index (χ1) is 15.5. The molecule has 0 radical (unpaired) electrons. The van der Waals surface area contributed by atoms with Crippen LogP contribution in [0.15, 0.2) is 30.5 Å². The summed E-state index contributed by atoms with van der Waals surface area (Å²) < 4.78 is 1.70. The number of aromatic nitrogens is 4. The van der Waals surface area contributed by atoms with Crippen LogP contribution in [0.25, 0.3) is 17.0 Å². The summed E-state index contributed by atoms with van der Waals surface area (Å²) >= 11 is 12.6. The Morgan fingerprint density at radius 1 is 1.12 bits per heavy atom. The van der Waals surface area contributed by atoms with Gasteiger partial charge in [-0.3, -0.25) is 4.79 Å². The number of amides is 1. The van der Waals surface area contributed by atoms with Crippen molar-refractivity contribution in [2.75, 3.05) is 31.1 Å². The van der Waals surface area contributed by atoms with Gasteiger partial charge in [0.2, 0.25) is 11.9 Å². The maximum Gasteiger partial charge on any atom is 0.254 e. The summed E-state index contributed by atoms with van der Waals surface area (Å²) in [7, 11) is 0. The van der Waals surface area contributed by atoms with Gasteiger partial charge in [0.1, 0.15) is 0 Å². The quantitative estimate of drug-likeness (QED) is 0.483. The molecule has 0 N–H and O–H groups in total. The molecule has 170 valence electrons. The van der Waals surface area contributed by atoms with Gasteiger partial charge < -0.3 is 9.80 Å². The van der Waals surface area contributed by atoms with Crippen LogP contribution in [0.3, 0.4) is 0 Å². The van der Waals surface area contributed by atoms with Crippen LogP contribution in [-0.2, 0) is 4.79 Å². The molecule has 0 spiro atoms. The number of nitrogens with zero attached hydrogens (tertiary/aromatic N) is 6. The molecule has 0 bridgehead atoms. The molecule has 0 saturated carbocycles. The zero-order valence-electron chi connectivity index (χ0n) is 18.5. The molecular formula is C23H28Cl2N6O. The lowest BCUT2D eigenvalue weighted by Crippen LogP contribution is -2.50. The monoisotopic (exact) mass is 474 g/mol. The highest BCUT2D eigenvalue weighted by Gasteiger charge is 2.27. The molecular weight excluding hydrogens is 447 g/mol. The number of hydrogen-bond donors (Lipinski definition) is 0. The van der Waals surface area contributed by atoms with E-state index in [0.717, 1.165) is 36.9 Å². The molecule has 1 aliphatic rings. The van der Waals surface area contributed by atoms with Gasteiger partial charge >= 0.3 is 0 Å². The molecule has 1 saturated heterocycles. The highest BCUT2D eigenvalue weighted by Crippen LogP contribution is 2.30. The molecule has 3 aromatic rings. The van der Waals surface area contributed by atoms with E-state index in [4.69, 9.17) is 28.3 Å². The largest absolute Gasteiger partial charge is 0.339 e. The van der Waals surface area contributed by atoms with Crippen molar-refractivity contribution in [3.63, 3.8) is 0 Å². The van der Waals surface area contributed by atoms with E-state index < -0.39 is 0 Å². The highest BCUT2D eigenvalue weighted by molar-refractivity contribution is 6.35. The van der Waals surface area contributed by atoms with Crippen LogP contribution in [0.2, 0.25) is 10.0 Å². The van der Waals surface area contributed by atoms with Crippen LogP contribution in [0.4, 0.5) is 5.95 Å². The molecule has 32 heavy (non-hydrogen) atoms. The average Bonchev–Trinajstić information content (AvgIpc) is 3.26. The Kier molecular flexibility index (Phi) is 7.16. The molecule has 1 atom stereocenters. The first kappa shape index (κ1) is 22.8. The smallest absolute Gasteiger partial charge is 0.254 e. The summed E-state index contributed by atoms with van der Waals surface area (Å²) in [5.41, 5.74) is 1.55. The summed E-state index contributed by atoms with van der Waals surface area (Å²) in [6, 6.07) is 7.18. The van der Waals surface area contributed by atoms with Gasteiger partial charge in [-0.05, 0) is 37.1 Å². The fourth-order valence-corrected chi connectivity index (χ4v) is 4.54. The molecule has 1 aromatic carbocycles. The number of benzene rings is 1. The third-order valence-electron chi connectivity index (χ3n) is 6.06. The Balaban J connectivity index is 1.51. The Morgan fingerprint density at radius 3 is 2.62 bits per heavy atom. The van der Waals surface area contributed by atoms with E-state index in [0.29, 0.717) is 48.0 Å². The number of piperazine rings is 1. The van der Waals surface area contributed by atoms with Gasteiger partial charge in [0, 0.05) is 48.9 Å². The van der Waals surface area contributed by atoms with Gasteiger partial charge in [0.05, 0.1) is 10.7 Å². The number of anilines is 1. The average molecular weight is 475 g/mol. The second kappa shape index (κ2) is 10.0. The van der Waals surface area contributed by atoms with Crippen LogP contribution in [-0.4, -0.2) is 56.6 Å². The van der Waals surface area contributed by atoms with E-state index in [2.05, 4.69) is 28.7 Å². The minimum absolute atomic E-state index is 0.129. The minimum atomic E-state index is 0.129. The molecule has 1 aliphatic heterocycles. The summed E-state index contributed by atoms with van der Waals surface area (Å²) in [6.07, 6.45) is 5.78. The number of rotatable bonds is 7. The first-order valence-corrected chi connectivity index (χ1v) is 12.0. The SMILES string of the molecule is CCCC[C@@H](CC)C(=O)N1CCN(c2nc3nccc(-c4cc(Cl)ccc4Cl)n3n2)CC1. The number of unbranched alkanes of at least 4 members (excludes halogenated alkanes) is 1. The zero-order valence-corrected chi connectivity index (χ0v) is 20.0. The van der Waals surface area contributed by atoms with Crippen LogP contribution in [0.5, 0.6) is 0 Å². The second-order valence-corrected chi connectivity index (χ2v) is 8.98. The molecule has 7 nitrogen and oxygen atoms in total. The lowest BCUT2D eigenvalue weighted by Gasteiger charge is -2.35. The Bertz CT molecular complexity index is 1090. The number of carbonyl (C=O) groups is 1. The van der Waals surface area contributed by atoms with Gasteiger partial charge in [-0.2, -0.15) is 9.50 Å². The highest BCUT2D eigenvalue weighted by atomic mass is 35.5. The number of halogens is 2. The molecule has 9 heteroatoms. The first-order valence-electron chi connectivity index (χ1n) is 11.2. The van der Waals surface area contributed by atoms with Crippen molar-refractivity contribution in [3.8, 4) is 11.3 Å². The standard InChI is InChI=1S/C23H28Cl2N6O/c1-3-5-6-16(4-2)21(32)29-11-13-30(14-12-29)23-27-22-26-10-9-20(31(22)28-23)18-15-17(24)7-8-19(18)25/h7-10,15-16H,3-6,11-14H2,1-2H3/t16-/m1/s1. The van der Waals surface area contributed by atoms with Crippen molar-refractivity contribution in [3.05, 3.63) is 40.5 Å². The predicted molar refractivity (Wildman–Crippen MR) is 128 cm³/mol. The lowest BCUT2D eigenvalue weighted by molar-refractivity contribution is -0.136. The van der Waals surface area contributed by atoms with Crippen molar-refractivity contribution in [2.24, 2.45) is 5.92 Å². The van der Waals surface area contributed by atoms with E-state index in [1.165, 1.54) is 0 Å². The third-order valence-corrected chi connectivity index (χ3v) is 6.62. The maximum absolute atomic E-state index is 12.9. The van der Waals surface area contributed by atoms with Gasteiger partial charge in [-0.15, -0.1) is 5.10 Å². The van der Waals surface area contributed by atoms with E-state index in [9.17, 15) is 4.79 Å². The number of hydrogen-bond acceptors (Lipinski definition) is 5. The van der Waals surface area contributed by atoms with Gasteiger partial charge in [0.25, 0.3) is 5.78 Å². The Labute approximate surface area is 198 Å². The third kappa shape index (κ3) is 4.69. The number of carbonyl (C=O) groups excluding carboxylic acids is 1. The maximum atomic E-state index is 12.9. The molecule has 0 aliphatic carbocycles. The van der Waals surface area contributed by atoms with Gasteiger partial charge in [0.15, 0.2) is 0 Å². The van der Waals surface area contributed by atoms with Crippen LogP contribution < -0.4 is 4.90 Å². The summed E-state index contributed by atoms with van der Waals surface area (Å²) in [5.74, 6) is 1.51. The molecule has 0 unspecified atom stereocenters. The van der Waals surface area contributed by atoms with Crippen molar-refractivity contribution in [1.29, 1.82) is 0 Å². The molecule has 3 heterocycles. The van der Waals surface area contributed by atoms with Crippen molar-refractivity contribution < 1.29 is 4.79 Å². The predicted octanol–water partition coefficient (Wildman–Crippen LogP) is 4.96. The fourth-order valence-electron chi connectivity index (χ4n) is 4.15. The topological polar surface area (TPSA) is 66.6 Å². The summed E-state index contributed by atoms with van der Waals surface area (Å²) in [6.45, 7) is 7.01. The van der Waals surface area contributed by atoms with Crippen LogP contribution >= 0.6 is 23.2 Å². The lowest BCUT2D eigenvalue weighted by atomic mass is 9.97. The van der Waals surface area contributed by atoms with Crippen LogP contribution in [0.1, 0.15) is 39.5 Å². The molecule has 4 rings (SSSR count). The fraction of sp³-hybridized carbons (Fsp3) is 0.478. The Morgan fingerprint density at radius 2 is 1.91 bits per heavy atom. The van der Waals surface area contributed by atoms with Crippen LogP contribution in [0, 0.1) is 5.92 Å². The number of fused-ring (bicyclic) bond motifs is 1. The molecule has 1 amide bonds. The molecule has 1 fully saturated rings. The zero-order chi connectivity index (χ0) is 22.7. The van der Waals surface area contributed by atoms with Gasteiger partial charge in [-0.1, -0.05) is 49.9 Å². The summed E-state index contributed by atoms with van der Waals surface area (Å²) in [5, 5.41) is 5.89. The van der Waals surface area contributed by atoms with Gasteiger partial charge in [-0.25, -0.2) is 4.98 Å². The van der Waals surface area contributed by atoms with E-state index in [-0.39, 0.29) is 11.8 Å². The van der Waals surface area contributed by atoms with Crippen molar-refractivity contribution in [2.45, 2.75) is 39.5 Å². The second-order valence-electron chi connectivity index (χ2n) is 8.14. The molecule has 2 aromatic heterocycles. The van der Waals surface area contributed by atoms with E-state index in [1.54, 1.807) is 22.8 Å². The van der Waals surface area contributed by atoms with E-state index in [1.807, 2.05) is 17.0 Å². The van der Waals surface area contributed by atoms with E-state index >= 15 is 0 Å².